The van der Waals surface area contributed by atoms with Gasteiger partial charge in [0, 0.05) is 36.2 Å². The van der Waals surface area contributed by atoms with Crippen LogP contribution in [0.3, 0.4) is 0 Å². The van der Waals surface area contributed by atoms with E-state index in [9.17, 15) is 4.79 Å². The van der Waals surface area contributed by atoms with E-state index < -0.39 is 0 Å². The van der Waals surface area contributed by atoms with Crippen LogP contribution in [0.15, 0.2) is 22.8 Å². The van der Waals surface area contributed by atoms with Crippen molar-refractivity contribution in [1.29, 1.82) is 0 Å². The van der Waals surface area contributed by atoms with Crippen molar-refractivity contribution in [1.82, 2.24) is 5.32 Å². The molecule has 1 N–H and O–H groups in total. The van der Waals surface area contributed by atoms with Crippen LogP contribution in [-0.4, -0.2) is 32.8 Å². The van der Waals surface area contributed by atoms with E-state index in [1.165, 1.54) is 0 Å². The number of benzene rings is 1. The van der Waals surface area contributed by atoms with Gasteiger partial charge in [-0.1, -0.05) is 0 Å². The first-order chi connectivity index (χ1) is 11.5. The second-order valence-corrected chi connectivity index (χ2v) is 5.72. The highest BCUT2D eigenvalue weighted by atomic mass is 16.5. The summed E-state index contributed by atoms with van der Waals surface area (Å²) in [7, 11) is 1.60. The molecule has 5 heteroatoms. The smallest absolute Gasteiger partial charge is 0.244 e. The van der Waals surface area contributed by atoms with Crippen LogP contribution >= 0.6 is 0 Å². The average Bonchev–Trinajstić information content (AvgIpc) is 2.91. The highest BCUT2D eigenvalue weighted by Crippen LogP contribution is 2.37. The third-order valence-corrected chi connectivity index (χ3v) is 3.90. The zero-order valence-electron chi connectivity index (χ0n) is 15.0. The van der Waals surface area contributed by atoms with Gasteiger partial charge in [-0.25, -0.2) is 0 Å². The number of nitrogens with one attached hydrogen (secondary N) is 1. The first-order valence-electron chi connectivity index (χ1n) is 8.09. The molecule has 0 aliphatic rings. The Morgan fingerprint density at radius 1 is 1.38 bits per heavy atom. The summed E-state index contributed by atoms with van der Waals surface area (Å²) in [5.74, 6) is 0.617. The van der Waals surface area contributed by atoms with Crippen LogP contribution in [0.1, 0.15) is 30.5 Å². The van der Waals surface area contributed by atoms with Crippen LogP contribution in [0.2, 0.25) is 0 Å². The molecule has 1 aromatic heterocycles. The second-order valence-electron chi connectivity index (χ2n) is 5.72. The number of hydrogen-bond donors (Lipinski definition) is 1. The van der Waals surface area contributed by atoms with Crippen LogP contribution in [0, 0.1) is 13.8 Å². The fourth-order valence-corrected chi connectivity index (χ4v) is 2.66. The Bertz CT molecular complexity index is 758. The van der Waals surface area contributed by atoms with Gasteiger partial charge in [-0.2, -0.15) is 0 Å². The lowest BCUT2D eigenvalue weighted by Crippen LogP contribution is -2.25. The van der Waals surface area contributed by atoms with Gasteiger partial charge in [-0.3, -0.25) is 4.79 Å². The SMILES string of the molecule is CCOc1c(/C(C)=C/C(=O)NCCOC)cc2c(C)coc2c1C. The molecule has 2 rings (SSSR count). The van der Waals surface area contributed by atoms with Crippen LogP contribution in [-0.2, 0) is 9.53 Å². The molecule has 5 nitrogen and oxygen atoms in total. The highest BCUT2D eigenvalue weighted by molar-refractivity contribution is 5.98. The lowest BCUT2D eigenvalue weighted by molar-refractivity contribution is -0.116. The number of rotatable bonds is 7. The minimum absolute atomic E-state index is 0.145. The van der Waals surface area contributed by atoms with Gasteiger partial charge in [0.25, 0.3) is 0 Å². The molecule has 1 aromatic carbocycles. The molecule has 0 fully saturated rings. The van der Waals surface area contributed by atoms with Crippen molar-refractivity contribution in [2.24, 2.45) is 0 Å². The van der Waals surface area contributed by atoms with Gasteiger partial charge >= 0.3 is 0 Å². The van der Waals surface area contributed by atoms with Gasteiger partial charge < -0.3 is 19.2 Å². The Balaban J connectivity index is 2.43. The molecular weight excluding hydrogens is 306 g/mol. The molecular formula is C19H25NO4. The Labute approximate surface area is 142 Å². The molecule has 0 radical (unpaired) electrons. The highest BCUT2D eigenvalue weighted by Gasteiger charge is 2.17. The van der Waals surface area contributed by atoms with Crippen molar-refractivity contribution in [3.63, 3.8) is 0 Å². The van der Waals surface area contributed by atoms with Crippen LogP contribution in [0.5, 0.6) is 5.75 Å². The number of fused-ring (bicyclic) bond motifs is 1. The van der Waals surface area contributed by atoms with E-state index in [-0.39, 0.29) is 5.91 Å². The summed E-state index contributed by atoms with van der Waals surface area (Å²) in [6.45, 7) is 9.36. The quantitative estimate of drug-likeness (QED) is 0.622. The van der Waals surface area contributed by atoms with Crippen molar-refractivity contribution >= 4 is 22.4 Å². The van der Waals surface area contributed by atoms with Crippen molar-refractivity contribution < 1.29 is 18.7 Å². The molecule has 0 aliphatic carbocycles. The molecule has 1 amide bonds. The van der Waals surface area contributed by atoms with E-state index in [0.717, 1.165) is 39.0 Å². The molecule has 24 heavy (non-hydrogen) atoms. The van der Waals surface area contributed by atoms with Gasteiger partial charge in [0.05, 0.1) is 19.5 Å². The van der Waals surface area contributed by atoms with E-state index in [0.29, 0.717) is 19.8 Å². The van der Waals surface area contributed by atoms with Crippen LogP contribution in [0.4, 0.5) is 0 Å². The van der Waals surface area contributed by atoms with Crippen LogP contribution in [0.25, 0.3) is 16.5 Å². The summed E-state index contributed by atoms with van der Waals surface area (Å²) >= 11 is 0. The van der Waals surface area contributed by atoms with Gasteiger partial charge in [-0.15, -0.1) is 0 Å². The Kier molecular flexibility index (Phi) is 6.04. The number of carbonyl (C=O) groups excluding carboxylic acids is 1. The fraction of sp³-hybridized carbons (Fsp3) is 0.421. The molecule has 0 spiro atoms. The monoisotopic (exact) mass is 331 g/mol. The minimum Gasteiger partial charge on any atom is -0.493 e. The van der Waals surface area contributed by atoms with Crippen LogP contribution < -0.4 is 10.1 Å². The molecule has 2 aromatic rings. The molecule has 0 unspecified atom stereocenters. The first kappa shape index (κ1) is 18.1. The predicted octanol–water partition coefficient (Wildman–Crippen LogP) is 3.61. The van der Waals surface area contributed by atoms with Gasteiger partial charge in [0.2, 0.25) is 5.91 Å². The van der Waals surface area contributed by atoms with Crippen molar-refractivity contribution in [2.45, 2.75) is 27.7 Å². The number of amides is 1. The maximum atomic E-state index is 12.0. The zero-order valence-corrected chi connectivity index (χ0v) is 15.0. The Morgan fingerprint density at radius 2 is 2.12 bits per heavy atom. The lowest BCUT2D eigenvalue weighted by Gasteiger charge is -2.14. The van der Waals surface area contributed by atoms with Crippen molar-refractivity contribution in [3.05, 3.63) is 35.1 Å². The summed E-state index contributed by atoms with van der Waals surface area (Å²) in [5.41, 5.74) is 4.60. The largest absolute Gasteiger partial charge is 0.493 e. The van der Waals surface area contributed by atoms with Crippen molar-refractivity contribution in [3.8, 4) is 5.75 Å². The third-order valence-electron chi connectivity index (χ3n) is 3.90. The second kappa shape index (κ2) is 8.02. The number of aryl methyl sites for hydroxylation is 2. The van der Waals surface area contributed by atoms with Gasteiger partial charge in [0.1, 0.15) is 11.3 Å². The Morgan fingerprint density at radius 3 is 2.79 bits per heavy atom. The molecule has 130 valence electrons. The van der Waals surface area contributed by atoms with E-state index in [2.05, 4.69) is 5.32 Å². The number of hydrogen-bond acceptors (Lipinski definition) is 4. The number of furan rings is 1. The molecule has 1 heterocycles. The number of allylic oxidation sites excluding steroid dienone is 1. The van der Waals surface area contributed by atoms with E-state index >= 15 is 0 Å². The zero-order chi connectivity index (χ0) is 17.7. The summed E-state index contributed by atoms with van der Waals surface area (Å²) in [5, 5.41) is 3.83. The average molecular weight is 331 g/mol. The molecule has 0 bridgehead atoms. The molecule has 0 atom stereocenters. The maximum absolute atomic E-state index is 12.0. The topological polar surface area (TPSA) is 60.7 Å². The molecule has 0 saturated heterocycles. The summed E-state index contributed by atoms with van der Waals surface area (Å²) in [4.78, 5) is 12.0. The number of carbonyl (C=O) groups is 1. The van der Waals surface area contributed by atoms with E-state index in [1.807, 2.05) is 33.8 Å². The molecule has 0 saturated carbocycles. The predicted molar refractivity (Wildman–Crippen MR) is 95.4 cm³/mol. The third kappa shape index (κ3) is 3.79. The van der Waals surface area contributed by atoms with E-state index in [4.69, 9.17) is 13.9 Å². The van der Waals surface area contributed by atoms with E-state index in [1.54, 1.807) is 19.4 Å². The normalized spacial score (nSPS) is 11.8. The first-order valence-corrected chi connectivity index (χ1v) is 8.09. The minimum atomic E-state index is -0.145. The molecule has 0 aliphatic heterocycles. The summed E-state index contributed by atoms with van der Waals surface area (Å²) < 4.78 is 16.4. The maximum Gasteiger partial charge on any atom is 0.244 e. The fourth-order valence-electron chi connectivity index (χ4n) is 2.66. The standard InChI is InChI=1S/C19H25NO4/c1-6-23-18-14(4)19-16(13(3)11-24-19)10-15(18)12(2)9-17(21)20-7-8-22-5/h9-11H,6-8H2,1-5H3,(H,20,21)/b12-9+. The Hall–Kier alpha value is -2.27. The van der Waals surface area contributed by atoms with Crippen molar-refractivity contribution in [2.75, 3.05) is 26.9 Å². The summed E-state index contributed by atoms with van der Waals surface area (Å²) in [6, 6.07) is 2.03. The number of methoxy groups -OCH3 is 1. The lowest BCUT2D eigenvalue weighted by atomic mass is 9.98. The van der Waals surface area contributed by atoms with Gasteiger partial charge in [-0.05, 0) is 44.9 Å². The summed E-state index contributed by atoms with van der Waals surface area (Å²) in [6.07, 6.45) is 3.34. The number of ether oxygens (including phenoxy) is 2. The van der Waals surface area contributed by atoms with Gasteiger partial charge in [0.15, 0.2) is 0 Å².